The molecule has 1 aromatic rings. The van der Waals surface area contributed by atoms with E-state index < -0.39 is 0 Å². The first-order valence-electron chi connectivity index (χ1n) is 9.23. The summed E-state index contributed by atoms with van der Waals surface area (Å²) in [6.07, 6.45) is 11.1. The molecule has 0 heterocycles. The van der Waals surface area contributed by atoms with Crippen molar-refractivity contribution in [3.8, 4) is 5.75 Å². The van der Waals surface area contributed by atoms with E-state index in [1.165, 1.54) is 44.9 Å². The Hall–Kier alpha value is -1.28. The van der Waals surface area contributed by atoms with E-state index in [0.29, 0.717) is 0 Å². The van der Waals surface area contributed by atoms with Crippen molar-refractivity contribution < 1.29 is 9.47 Å². The second-order valence-electron chi connectivity index (χ2n) is 7.91. The van der Waals surface area contributed by atoms with Crippen molar-refractivity contribution in [2.45, 2.75) is 63.8 Å². The summed E-state index contributed by atoms with van der Waals surface area (Å²) in [4.78, 5) is 0. The first-order chi connectivity index (χ1) is 11.2. The molecule has 3 fully saturated rings. The minimum absolute atomic E-state index is 0.0883. The lowest BCUT2D eigenvalue weighted by Crippen LogP contribution is -2.51. The molecule has 3 bridgehead atoms. The highest BCUT2D eigenvalue weighted by molar-refractivity contribution is 5.48. The Morgan fingerprint density at radius 2 is 1.96 bits per heavy atom. The first-order valence-corrected chi connectivity index (χ1v) is 9.23. The average molecular weight is 312 g/mol. The van der Waals surface area contributed by atoms with Crippen LogP contribution < -0.4 is 4.74 Å². The maximum Gasteiger partial charge on any atom is 0.197 e. The van der Waals surface area contributed by atoms with E-state index in [4.69, 9.17) is 9.47 Å². The Labute approximate surface area is 139 Å². The molecule has 2 nitrogen and oxygen atoms in total. The molecule has 0 amide bonds. The molecule has 23 heavy (non-hydrogen) atoms. The van der Waals surface area contributed by atoms with Crippen LogP contribution in [-0.4, -0.2) is 11.9 Å². The molecule has 3 aliphatic carbocycles. The summed E-state index contributed by atoms with van der Waals surface area (Å²) in [5, 5.41) is 0. The van der Waals surface area contributed by atoms with Crippen LogP contribution in [0.2, 0.25) is 0 Å². The molecule has 5 atom stereocenters. The normalized spacial score (nSPS) is 36.5. The van der Waals surface area contributed by atoms with E-state index in [0.717, 1.165) is 29.1 Å². The average Bonchev–Trinajstić information content (AvgIpc) is 2.53. The van der Waals surface area contributed by atoms with Gasteiger partial charge in [-0.3, -0.25) is 0 Å². The number of hydrogen-bond donors (Lipinski definition) is 0. The summed E-state index contributed by atoms with van der Waals surface area (Å²) < 4.78 is 12.5. The number of fused-ring (bicyclic) bond motifs is 2. The van der Waals surface area contributed by atoms with Gasteiger partial charge in [0.2, 0.25) is 0 Å². The number of benzene rings is 1. The Morgan fingerprint density at radius 1 is 1.13 bits per heavy atom. The fourth-order valence-corrected chi connectivity index (χ4v) is 5.38. The van der Waals surface area contributed by atoms with E-state index >= 15 is 0 Å². The minimum atomic E-state index is -0.181. The van der Waals surface area contributed by atoms with Crippen LogP contribution in [0.15, 0.2) is 30.8 Å². The van der Waals surface area contributed by atoms with Crippen LogP contribution in [0.5, 0.6) is 5.75 Å². The molecule has 1 aromatic carbocycles. The highest BCUT2D eigenvalue weighted by Crippen LogP contribution is 2.55. The zero-order valence-electron chi connectivity index (χ0n) is 14.2. The van der Waals surface area contributed by atoms with Crippen LogP contribution in [-0.2, 0) is 4.74 Å². The van der Waals surface area contributed by atoms with Gasteiger partial charge in [0.15, 0.2) is 6.29 Å². The minimum Gasteiger partial charge on any atom is -0.465 e. The summed E-state index contributed by atoms with van der Waals surface area (Å²) in [5.41, 5.74) is 1.20. The van der Waals surface area contributed by atoms with E-state index in [2.05, 4.69) is 6.58 Å². The standard InChI is InChI=1S/C21H28O2/c1-3-16-5-8-20(9-6-16)22-15(2)23-21-11-10-18-7-4-17(13-21)12-19(18)14-21/h3,5-6,8-9,15,17-19H,1,4,7,10-14H2,2H3. The molecule has 0 spiro atoms. The van der Waals surface area contributed by atoms with Crippen molar-refractivity contribution in [2.75, 3.05) is 0 Å². The van der Waals surface area contributed by atoms with Crippen LogP contribution in [0, 0.1) is 17.8 Å². The van der Waals surface area contributed by atoms with Gasteiger partial charge >= 0.3 is 0 Å². The van der Waals surface area contributed by atoms with Gasteiger partial charge in [-0.15, -0.1) is 0 Å². The van der Waals surface area contributed by atoms with Crippen molar-refractivity contribution in [1.29, 1.82) is 0 Å². The van der Waals surface area contributed by atoms with Gasteiger partial charge in [0.25, 0.3) is 0 Å². The fraction of sp³-hybridized carbons (Fsp3) is 0.619. The second kappa shape index (κ2) is 5.98. The Bertz CT molecular complexity index is 560. The van der Waals surface area contributed by atoms with E-state index in [1.54, 1.807) is 0 Å². The van der Waals surface area contributed by atoms with Crippen molar-refractivity contribution in [3.05, 3.63) is 36.4 Å². The van der Waals surface area contributed by atoms with Crippen molar-refractivity contribution in [1.82, 2.24) is 0 Å². The van der Waals surface area contributed by atoms with Crippen LogP contribution in [0.25, 0.3) is 6.08 Å². The molecule has 5 unspecified atom stereocenters. The number of ether oxygens (including phenoxy) is 2. The molecule has 2 heteroatoms. The van der Waals surface area contributed by atoms with E-state index in [-0.39, 0.29) is 11.9 Å². The smallest absolute Gasteiger partial charge is 0.197 e. The highest BCUT2D eigenvalue weighted by atomic mass is 16.7. The molecule has 0 saturated heterocycles. The van der Waals surface area contributed by atoms with Crippen molar-refractivity contribution in [3.63, 3.8) is 0 Å². The van der Waals surface area contributed by atoms with Crippen molar-refractivity contribution in [2.24, 2.45) is 17.8 Å². The number of hydrogen-bond acceptors (Lipinski definition) is 2. The molecule has 0 aromatic heterocycles. The highest BCUT2D eigenvalue weighted by Gasteiger charge is 2.50. The van der Waals surface area contributed by atoms with Gasteiger partial charge in [0, 0.05) is 0 Å². The zero-order valence-corrected chi connectivity index (χ0v) is 14.2. The lowest BCUT2D eigenvalue weighted by atomic mass is 9.56. The van der Waals surface area contributed by atoms with Crippen LogP contribution in [0.1, 0.15) is 57.4 Å². The summed E-state index contributed by atoms with van der Waals surface area (Å²) in [5.74, 6) is 3.66. The third-order valence-electron chi connectivity index (χ3n) is 6.35. The second-order valence-corrected chi connectivity index (χ2v) is 7.91. The fourth-order valence-electron chi connectivity index (χ4n) is 5.38. The van der Waals surface area contributed by atoms with Gasteiger partial charge in [-0.2, -0.15) is 0 Å². The Balaban J connectivity index is 1.41. The predicted molar refractivity (Wildman–Crippen MR) is 93.2 cm³/mol. The SMILES string of the molecule is C=Cc1ccc(OC(C)OC23CCC4CCC(CC4C2)C3)cc1. The summed E-state index contributed by atoms with van der Waals surface area (Å²) >= 11 is 0. The molecule has 4 rings (SSSR count). The van der Waals surface area contributed by atoms with Gasteiger partial charge in [0.05, 0.1) is 5.60 Å². The van der Waals surface area contributed by atoms with Gasteiger partial charge in [-0.1, -0.05) is 31.2 Å². The molecule has 3 saturated carbocycles. The first kappa shape index (κ1) is 15.3. The largest absolute Gasteiger partial charge is 0.465 e. The van der Waals surface area contributed by atoms with Gasteiger partial charge in [-0.05, 0) is 80.9 Å². The quantitative estimate of drug-likeness (QED) is 0.675. The van der Waals surface area contributed by atoms with E-state index in [9.17, 15) is 0 Å². The third-order valence-corrected chi connectivity index (χ3v) is 6.35. The van der Waals surface area contributed by atoms with Gasteiger partial charge in [0.1, 0.15) is 5.75 Å². The summed E-state index contributed by atoms with van der Waals surface area (Å²) in [6, 6.07) is 8.06. The summed E-state index contributed by atoms with van der Waals surface area (Å²) in [6.45, 7) is 5.83. The molecular formula is C21H28O2. The van der Waals surface area contributed by atoms with E-state index in [1.807, 2.05) is 37.3 Å². The van der Waals surface area contributed by atoms with Gasteiger partial charge < -0.3 is 9.47 Å². The predicted octanol–water partition coefficient (Wildman–Crippen LogP) is 5.43. The maximum atomic E-state index is 6.52. The summed E-state index contributed by atoms with van der Waals surface area (Å²) in [7, 11) is 0. The number of rotatable bonds is 5. The molecule has 0 radical (unpaired) electrons. The molecular weight excluding hydrogens is 284 g/mol. The molecule has 0 aliphatic heterocycles. The Kier molecular flexibility index (Phi) is 3.96. The maximum absolute atomic E-state index is 6.52. The lowest BCUT2D eigenvalue weighted by molar-refractivity contribution is -0.215. The monoisotopic (exact) mass is 312 g/mol. The van der Waals surface area contributed by atoms with Crippen LogP contribution in [0.3, 0.4) is 0 Å². The molecule has 124 valence electrons. The zero-order chi connectivity index (χ0) is 15.9. The molecule has 0 N–H and O–H groups in total. The van der Waals surface area contributed by atoms with Crippen LogP contribution >= 0.6 is 0 Å². The lowest BCUT2D eigenvalue weighted by Gasteiger charge is -2.54. The topological polar surface area (TPSA) is 18.5 Å². The third kappa shape index (κ3) is 3.06. The molecule has 3 aliphatic rings. The van der Waals surface area contributed by atoms with Gasteiger partial charge in [-0.25, -0.2) is 0 Å². The van der Waals surface area contributed by atoms with Crippen molar-refractivity contribution >= 4 is 6.08 Å². The Morgan fingerprint density at radius 3 is 2.74 bits per heavy atom. The van der Waals surface area contributed by atoms with Crippen LogP contribution in [0.4, 0.5) is 0 Å².